The van der Waals surface area contributed by atoms with Crippen LogP contribution in [-0.2, 0) is 4.74 Å². The van der Waals surface area contributed by atoms with Gasteiger partial charge in [-0.2, -0.15) is 0 Å². The number of nitrogens with one attached hydrogen (secondary N) is 1. The first-order chi connectivity index (χ1) is 7.66. The fourth-order valence-corrected chi connectivity index (χ4v) is 2.56. The second kappa shape index (κ2) is 7.25. The van der Waals surface area contributed by atoms with Crippen LogP contribution < -0.4 is 11.1 Å². The number of hydrogen-bond donors (Lipinski definition) is 2. The topological polar surface area (TPSA) is 47.3 Å². The van der Waals surface area contributed by atoms with E-state index < -0.39 is 0 Å². The molecule has 1 aliphatic rings. The predicted octanol–water partition coefficient (Wildman–Crippen LogP) is 1.91. The molecule has 0 aromatic rings. The second-order valence-electron chi connectivity index (χ2n) is 5.54. The van der Waals surface area contributed by atoms with Crippen molar-refractivity contribution in [1.29, 1.82) is 0 Å². The molecule has 3 nitrogen and oxygen atoms in total. The maximum absolute atomic E-state index is 6.02. The number of methoxy groups -OCH3 is 1. The van der Waals surface area contributed by atoms with Crippen molar-refractivity contribution in [3.8, 4) is 0 Å². The predicted molar refractivity (Wildman–Crippen MR) is 68.5 cm³/mol. The van der Waals surface area contributed by atoms with Crippen LogP contribution in [0.2, 0.25) is 0 Å². The Labute approximate surface area is 100 Å². The van der Waals surface area contributed by atoms with Crippen LogP contribution >= 0.6 is 0 Å². The number of nitrogens with two attached hydrogens (primary N) is 1. The summed E-state index contributed by atoms with van der Waals surface area (Å²) in [7, 11) is 1.74. The lowest BCUT2D eigenvalue weighted by atomic mass is 9.89. The van der Waals surface area contributed by atoms with E-state index in [0.717, 1.165) is 32.5 Å². The summed E-state index contributed by atoms with van der Waals surface area (Å²) in [6, 6.07) is 0.278. The fraction of sp³-hybridized carbons (Fsp3) is 1.00. The number of rotatable bonds is 8. The lowest BCUT2D eigenvalue weighted by molar-refractivity contribution is 0.190. The summed E-state index contributed by atoms with van der Waals surface area (Å²) in [5.74, 6) is 0. The summed E-state index contributed by atoms with van der Waals surface area (Å²) in [4.78, 5) is 0. The zero-order valence-corrected chi connectivity index (χ0v) is 10.9. The van der Waals surface area contributed by atoms with Crippen molar-refractivity contribution in [2.24, 2.45) is 11.1 Å². The summed E-state index contributed by atoms with van der Waals surface area (Å²) in [5, 5.41) is 3.53. The van der Waals surface area contributed by atoms with Gasteiger partial charge < -0.3 is 15.8 Å². The van der Waals surface area contributed by atoms with E-state index in [9.17, 15) is 0 Å². The summed E-state index contributed by atoms with van der Waals surface area (Å²) in [5.41, 5.74) is 6.56. The summed E-state index contributed by atoms with van der Waals surface area (Å²) in [6.07, 6.45) is 7.67. The van der Waals surface area contributed by atoms with Crippen molar-refractivity contribution in [2.75, 3.05) is 26.8 Å². The average molecular weight is 228 g/mol. The lowest BCUT2D eigenvalue weighted by Gasteiger charge is -2.25. The van der Waals surface area contributed by atoms with Crippen LogP contribution in [-0.4, -0.2) is 32.8 Å². The van der Waals surface area contributed by atoms with E-state index in [1.54, 1.807) is 7.11 Å². The van der Waals surface area contributed by atoms with Crippen molar-refractivity contribution in [3.63, 3.8) is 0 Å². The third kappa shape index (κ3) is 5.28. The fourth-order valence-electron chi connectivity index (χ4n) is 2.56. The SMILES string of the molecule is COCCCC(N)CNCC1(C)CCCC1. The van der Waals surface area contributed by atoms with Crippen LogP contribution in [0.25, 0.3) is 0 Å². The van der Waals surface area contributed by atoms with Gasteiger partial charge in [0.2, 0.25) is 0 Å². The first-order valence-electron chi connectivity index (χ1n) is 6.61. The molecule has 0 aromatic carbocycles. The molecular formula is C13H28N2O. The van der Waals surface area contributed by atoms with Gasteiger partial charge in [0.25, 0.3) is 0 Å². The van der Waals surface area contributed by atoms with Gasteiger partial charge in [0, 0.05) is 32.8 Å². The first-order valence-corrected chi connectivity index (χ1v) is 6.61. The largest absolute Gasteiger partial charge is 0.385 e. The van der Waals surface area contributed by atoms with Crippen LogP contribution in [0.4, 0.5) is 0 Å². The molecule has 1 atom stereocenters. The van der Waals surface area contributed by atoms with Crippen molar-refractivity contribution in [3.05, 3.63) is 0 Å². The standard InChI is InChI=1S/C13H28N2O/c1-13(7-3-4-8-13)11-15-10-12(14)6-5-9-16-2/h12,15H,3-11,14H2,1-2H3. The van der Waals surface area contributed by atoms with E-state index >= 15 is 0 Å². The van der Waals surface area contributed by atoms with Crippen LogP contribution in [0, 0.1) is 5.41 Å². The van der Waals surface area contributed by atoms with Crippen molar-refractivity contribution in [1.82, 2.24) is 5.32 Å². The highest BCUT2D eigenvalue weighted by atomic mass is 16.5. The zero-order valence-electron chi connectivity index (χ0n) is 10.9. The Balaban J connectivity index is 2.01. The van der Waals surface area contributed by atoms with Crippen LogP contribution in [0.5, 0.6) is 0 Å². The Bertz CT molecular complexity index is 179. The zero-order chi connectivity index (χ0) is 11.9. The molecule has 0 spiro atoms. The molecule has 1 unspecified atom stereocenters. The van der Waals surface area contributed by atoms with Gasteiger partial charge in [0.05, 0.1) is 0 Å². The summed E-state index contributed by atoms with van der Waals surface area (Å²) < 4.78 is 5.02. The maximum Gasteiger partial charge on any atom is 0.0462 e. The lowest BCUT2D eigenvalue weighted by Crippen LogP contribution is -2.38. The van der Waals surface area contributed by atoms with E-state index in [4.69, 9.17) is 10.5 Å². The molecular weight excluding hydrogens is 200 g/mol. The minimum Gasteiger partial charge on any atom is -0.385 e. The molecule has 96 valence electrons. The Morgan fingerprint density at radius 2 is 2.06 bits per heavy atom. The molecule has 1 rings (SSSR count). The van der Waals surface area contributed by atoms with Crippen molar-refractivity contribution in [2.45, 2.75) is 51.5 Å². The monoisotopic (exact) mass is 228 g/mol. The van der Waals surface area contributed by atoms with Gasteiger partial charge in [-0.05, 0) is 31.1 Å². The molecule has 0 aromatic heterocycles. The molecule has 0 heterocycles. The van der Waals surface area contributed by atoms with Gasteiger partial charge in [-0.25, -0.2) is 0 Å². The molecule has 1 aliphatic carbocycles. The van der Waals surface area contributed by atoms with Gasteiger partial charge in [-0.1, -0.05) is 19.8 Å². The van der Waals surface area contributed by atoms with E-state index in [1.807, 2.05) is 0 Å². The minimum absolute atomic E-state index is 0.278. The second-order valence-corrected chi connectivity index (χ2v) is 5.54. The molecule has 0 aliphatic heterocycles. The van der Waals surface area contributed by atoms with Gasteiger partial charge in [-0.15, -0.1) is 0 Å². The van der Waals surface area contributed by atoms with Crippen molar-refractivity contribution >= 4 is 0 Å². The van der Waals surface area contributed by atoms with Crippen LogP contribution in [0.15, 0.2) is 0 Å². The Morgan fingerprint density at radius 1 is 1.38 bits per heavy atom. The number of ether oxygens (including phenoxy) is 1. The van der Waals surface area contributed by atoms with E-state index in [2.05, 4.69) is 12.2 Å². The molecule has 0 radical (unpaired) electrons. The van der Waals surface area contributed by atoms with E-state index in [1.165, 1.54) is 25.7 Å². The molecule has 16 heavy (non-hydrogen) atoms. The quantitative estimate of drug-likeness (QED) is 0.624. The molecule has 3 N–H and O–H groups in total. The molecule has 0 saturated heterocycles. The Morgan fingerprint density at radius 3 is 2.69 bits per heavy atom. The van der Waals surface area contributed by atoms with Gasteiger partial charge >= 0.3 is 0 Å². The average Bonchev–Trinajstić information content (AvgIpc) is 2.66. The summed E-state index contributed by atoms with van der Waals surface area (Å²) >= 11 is 0. The molecule has 1 saturated carbocycles. The van der Waals surface area contributed by atoms with Crippen LogP contribution in [0.1, 0.15) is 45.4 Å². The minimum atomic E-state index is 0.278. The van der Waals surface area contributed by atoms with Gasteiger partial charge in [-0.3, -0.25) is 0 Å². The molecule has 1 fully saturated rings. The van der Waals surface area contributed by atoms with Gasteiger partial charge in [0.15, 0.2) is 0 Å². The molecule has 0 bridgehead atoms. The Hall–Kier alpha value is -0.120. The smallest absolute Gasteiger partial charge is 0.0462 e. The highest BCUT2D eigenvalue weighted by Crippen LogP contribution is 2.36. The highest BCUT2D eigenvalue weighted by Gasteiger charge is 2.27. The third-order valence-corrected chi connectivity index (χ3v) is 3.69. The van der Waals surface area contributed by atoms with E-state index in [0.29, 0.717) is 5.41 Å². The number of hydrogen-bond acceptors (Lipinski definition) is 3. The molecule has 0 amide bonds. The first kappa shape index (κ1) is 13.9. The highest BCUT2D eigenvalue weighted by molar-refractivity contribution is 4.82. The van der Waals surface area contributed by atoms with Gasteiger partial charge in [0.1, 0.15) is 0 Å². The van der Waals surface area contributed by atoms with Crippen LogP contribution in [0.3, 0.4) is 0 Å². The molecule has 3 heteroatoms. The maximum atomic E-state index is 6.02. The Kier molecular flexibility index (Phi) is 6.32. The third-order valence-electron chi connectivity index (χ3n) is 3.69. The summed E-state index contributed by atoms with van der Waals surface area (Å²) in [6.45, 7) is 5.29. The normalized spacial score (nSPS) is 21.2. The van der Waals surface area contributed by atoms with Crippen molar-refractivity contribution < 1.29 is 4.74 Å². The van der Waals surface area contributed by atoms with E-state index in [-0.39, 0.29) is 6.04 Å².